The third-order valence-corrected chi connectivity index (χ3v) is 3.31. The summed E-state index contributed by atoms with van der Waals surface area (Å²) in [7, 11) is 0. The normalized spacial score (nSPS) is 12.1. The number of aliphatic hydroxyl groups is 1. The molecule has 0 bridgehead atoms. The lowest BCUT2D eigenvalue weighted by Gasteiger charge is -2.17. The molecule has 0 saturated carbocycles. The maximum absolute atomic E-state index is 11.9. The van der Waals surface area contributed by atoms with Crippen molar-refractivity contribution in [3.05, 3.63) is 59.9 Å². The largest absolute Gasteiger partial charge is 0.396 e. The van der Waals surface area contributed by atoms with E-state index >= 15 is 0 Å². The standard InChI is InChI=1S/C16H20N2O2/c19-10-8-14(13-5-2-1-3-6-13)12-18-16(20)11-15-7-4-9-17-15/h1-7,9,14,17,19H,8,10-12H2,(H,18,20). The number of hydrogen-bond donors (Lipinski definition) is 3. The topological polar surface area (TPSA) is 65.1 Å². The lowest BCUT2D eigenvalue weighted by molar-refractivity contribution is -0.120. The van der Waals surface area contributed by atoms with E-state index < -0.39 is 0 Å². The molecule has 20 heavy (non-hydrogen) atoms. The SMILES string of the molecule is O=C(Cc1ccc[nH]1)NCC(CCO)c1ccccc1. The number of benzene rings is 1. The maximum Gasteiger partial charge on any atom is 0.225 e. The van der Waals surface area contributed by atoms with Gasteiger partial charge in [0.15, 0.2) is 0 Å². The van der Waals surface area contributed by atoms with E-state index in [0.29, 0.717) is 19.4 Å². The zero-order chi connectivity index (χ0) is 14.2. The Balaban J connectivity index is 1.87. The van der Waals surface area contributed by atoms with E-state index in [9.17, 15) is 4.79 Å². The molecule has 0 radical (unpaired) electrons. The lowest BCUT2D eigenvalue weighted by atomic mass is 9.96. The van der Waals surface area contributed by atoms with Crippen LogP contribution in [0.5, 0.6) is 0 Å². The van der Waals surface area contributed by atoms with Gasteiger partial charge in [-0.15, -0.1) is 0 Å². The summed E-state index contributed by atoms with van der Waals surface area (Å²) in [5, 5.41) is 12.1. The molecule has 1 unspecified atom stereocenters. The van der Waals surface area contributed by atoms with E-state index in [4.69, 9.17) is 5.11 Å². The Morgan fingerprint density at radius 2 is 2.00 bits per heavy atom. The number of amides is 1. The van der Waals surface area contributed by atoms with E-state index in [1.165, 1.54) is 0 Å². The minimum Gasteiger partial charge on any atom is -0.396 e. The van der Waals surface area contributed by atoms with Crippen LogP contribution in [0.15, 0.2) is 48.7 Å². The molecule has 1 atom stereocenters. The number of H-pyrrole nitrogens is 1. The number of aromatic amines is 1. The van der Waals surface area contributed by atoms with Gasteiger partial charge in [-0.2, -0.15) is 0 Å². The van der Waals surface area contributed by atoms with E-state index in [1.54, 1.807) is 6.20 Å². The van der Waals surface area contributed by atoms with Gasteiger partial charge in [0.1, 0.15) is 0 Å². The number of nitrogens with one attached hydrogen (secondary N) is 2. The molecular formula is C16H20N2O2. The van der Waals surface area contributed by atoms with Gasteiger partial charge in [-0.1, -0.05) is 30.3 Å². The number of carbonyl (C=O) groups excluding carboxylic acids is 1. The first-order valence-corrected chi connectivity index (χ1v) is 6.84. The molecule has 0 spiro atoms. The molecule has 1 aromatic carbocycles. The molecule has 0 fully saturated rings. The highest BCUT2D eigenvalue weighted by atomic mass is 16.3. The van der Waals surface area contributed by atoms with Crippen LogP contribution in [0.3, 0.4) is 0 Å². The molecule has 106 valence electrons. The van der Waals surface area contributed by atoms with Gasteiger partial charge in [-0.25, -0.2) is 0 Å². The predicted molar refractivity (Wildman–Crippen MR) is 78.4 cm³/mol. The second-order valence-corrected chi connectivity index (χ2v) is 4.80. The number of aromatic nitrogens is 1. The van der Waals surface area contributed by atoms with Crippen molar-refractivity contribution in [3.63, 3.8) is 0 Å². The number of carbonyl (C=O) groups is 1. The lowest BCUT2D eigenvalue weighted by Crippen LogP contribution is -2.30. The van der Waals surface area contributed by atoms with Crippen LogP contribution in [-0.4, -0.2) is 29.1 Å². The number of hydrogen-bond acceptors (Lipinski definition) is 2. The highest BCUT2D eigenvalue weighted by Gasteiger charge is 2.12. The van der Waals surface area contributed by atoms with Crippen LogP contribution >= 0.6 is 0 Å². The molecule has 0 aliphatic carbocycles. The molecule has 0 saturated heterocycles. The van der Waals surface area contributed by atoms with Crippen LogP contribution in [0.1, 0.15) is 23.6 Å². The van der Waals surface area contributed by atoms with E-state index in [2.05, 4.69) is 10.3 Å². The highest BCUT2D eigenvalue weighted by Crippen LogP contribution is 2.18. The second kappa shape index (κ2) is 7.50. The van der Waals surface area contributed by atoms with Crippen LogP contribution in [0.4, 0.5) is 0 Å². The molecular weight excluding hydrogens is 252 g/mol. The Morgan fingerprint density at radius 3 is 2.65 bits per heavy atom. The molecule has 2 aromatic rings. The van der Waals surface area contributed by atoms with Gasteiger partial charge < -0.3 is 15.4 Å². The van der Waals surface area contributed by atoms with E-state index in [-0.39, 0.29) is 18.4 Å². The molecule has 1 heterocycles. The van der Waals surface area contributed by atoms with Gasteiger partial charge in [-0.3, -0.25) is 4.79 Å². The van der Waals surface area contributed by atoms with Crippen molar-refractivity contribution in [2.24, 2.45) is 0 Å². The summed E-state index contributed by atoms with van der Waals surface area (Å²) < 4.78 is 0. The van der Waals surface area contributed by atoms with Gasteiger partial charge in [0.05, 0.1) is 6.42 Å². The van der Waals surface area contributed by atoms with Gasteiger partial charge >= 0.3 is 0 Å². The first kappa shape index (κ1) is 14.3. The van der Waals surface area contributed by atoms with Crippen molar-refractivity contribution < 1.29 is 9.90 Å². The van der Waals surface area contributed by atoms with Crippen molar-refractivity contribution in [3.8, 4) is 0 Å². The minimum absolute atomic E-state index is 0.00804. The van der Waals surface area contributed by atoms with Crippen LogP contribution < -0.4 is 5.32 Å². The highest BCUT2D eigenvalue weighted by molar-refractivity contribution is 5.78. The Bertz CT molecular complexity index is 509. The first-order valence-electron chi connectivity index (χ1n) is 6.84. The van der Waals surface area contributed by atoms with Crippen LogP contribution in [-0.2, 0) is 11.2 Å². The molecule has 1 aromatic heterocycles. The third-order valence-electron chi connectivity index (χ3n) is 3.31. The minimum atomic E-state index is -0.00804. The van der Waals surface area contributed by atoms with E-state index in [0.717, 1.165) is 11.3 Å². The predicted octanol–water partition coefficient (Wildman–Crippen LogP) is 1.84. The summed E-state index contributed by atoms with van der Waals surface area (Å²) in [5.74, 6) is 0.139. The fourth-order valence-corrected chi connectivity index (χ4v) is 2.22. The van der Waals surface area contributed by atoms with Crippen molar-refractivity contribution in [2.45, 2.75) is 18.8 Å². The molecule has 0 aliphatic heterocycles. The summed E-state index contributed by atoms with van der Waals surface area (Å²) in [6, 6.07) is 13.7. The molecule has 3 N–H and O–H groups in total. The molecule has 0 aliphatic rings. The zero-order valence-electron chi connectivity index (χ0n) is 11.4. The van der Waals surface area contributed by atoms with Gasteiger partial charge in [0.25, 0.3) is 0 Å². The van der Waals surface area contributed by atoms with Crippen molar-refractivity contribution >= 4 is 5.91 Å². The third kappa shape index (κ3) is 4.24. The fraction of sp³-hybridized carbons (Fsp3) is 0.312. The summed E-state index contributed by atoms with van der Waals surface area (Å²) in [6.45, 7) is 0.663. The average Bonchev–Trinajstić information content (AvgIpc) is 2.97. The summed E-state index contributed by atoms with van der Waals surface area (Å²) >= 11 is 0. The second-order valence-electron chi connectivity index (χ2n) is 4.80. The molecule has 4 nitrogen and oxygen atoms in total. The summed E-state index contributed by atoms with van der Waals surface area (Å²) in [4.78, 5) is 14.9. The number of aliphatic hydroxyl groups excluding tert-OH is 1. The Hall–Kier alpha value is -2.07. The van der Waals surface area contributed by atoms with Crippen molar-refractivity contribution in [1.82, 2.24) is 10.3 Å². The Kier molecular flexibility index (Phi) is 5.38. The average molecular weight is 272 g/mol. The summed E-state index contributed by atoms with van der Waals surface area (Å²) in [6.07, 6.45) is 2.81. The Morgan fingerprint density at radius 1 is 1.20 bits per heavy atom. The number of rotatable bonds is 7. The van der Waals surface area contributed by atoms with Crippen molar-refractivity contribution in [2.75, 3.05) is 13.2 Å². The van der Waals surface area contributed by atoms with Gasteiger partial charge in [0, 0.05) is 31.0 Å². The fourth-order valence-electron chi connectivity index (χ4n) is 2.22. The first-order chi connectivity index (χ1) is 9.79. The summed E-state index contributed by atoms with van der Waals surface area (Å²) in [5.41, 5.74) is 2.04. The molecule has 2 rings (SSSR count). The van der Waals surface area contributed by atoms with Crippen LogP contribution in [0, 0.1) is 0 Å². The monoisotopic (exact) mass is 272 g/mol. The van der Waals surface area contributed by atoms with Gasteiger partial charge in [-0.05, 0) is 24.1 Å². The maximum atomic E-state index is 11.9. The van der Waals surface area contributed by atoms with Gasteiger partial charge in [0.2, 0.25) is 5.91 Å². The molecule has 4 heteroatoms. The van der Waals surface area contributed by atoms with Crippen molar-refractivity contribution in [1.29, 1.82) is 0 Å². The quantitative estimate of drug-likeness (QED) is 0.720. The van der Waals surface area contributed by atoms with Crippen LogP contribution in [0.25, 0.3) is 0 Å². The zero-order valence-corrected chi connectivity index (χ0v) is 11.4. The van der Waals surface area contributed by atoms with E-state index in [1.807, 2.05) is 42.5 Å². The van der Waals surface area contributed by atoms with Crippen LogP contribution in [0.2, 0.25) is 0 Å². The smallest absolute Gasteiger partial charge is 0.225 e. The molecule has 1 amide bonds. The Labute approximate surface area is 118 Å².